The van der Waals surface area contributed by atoms with Crippen LogP contribution < -0.4 is 16.4 Å². The average Bonchev–Trinajstić information content (AvgIpc) is 2.98. The van der Waals surface area contributed by atoms with Crippen molar-refractivity contribution in [1.29, 1.82) is 10.7 Å². The van der Waals surface area contributed by atoms with Gasteiger partial charge in [0.05, 0.1) is 11.6 Å². The van der Waals surface area contributed by atoms with Crippen molar-refractivity contribution in [2.45, 2.75) is 89.5 Å². The first-order chi connectivity index (χ1) is 18.9. The van der Waals surface area contributed by atoms with E-state index in [1.54, 1.807) is 0 Å². The molecule has 1 aromatic rings. The lowest BCUT2D eigenvalue weighted by atomic mass is 9.76. The second-order valence-corrected chi connectivity index (χ2v) is 12.0. The summed E-state index contributed by atoms with van der Waals surface area (Å²) in [5, 5.41) is 23.3. The Morgan fingerprint density at radius 3 is 2.05 bits per heavy atom. The molecule has 2 amide bonds. The first kappa shape index (κ1) is 31.7. The highest BCUT2D eigenvalue weighted by Gasteiger charge is 2.36. The van der Waals surface area contributed by atoms with E-state index in [2.05, 4.69) is 16.7 Å². The highest BCUT2D eigenvalue weighted by molar-refractivity contribution is 5.89. The third-order valence-electron chi connectivity index (χ3n) is 9.32. The summed E-state index contributed by atoms with van der Waals surface area (Å²) in [6.07, 6.45) is 13.4. The molecule has 0 aromatic heterocycles. The number of nitrogens with one attached hydrogen (secondary N) is 3. The zero-order chi connectivity index (χ0) is 27.6. The van der Waals surface area contributed by atoms with Gasteiger partial charge in [-0.2, -0.15) is 5.26 Å². The molecule has 0 radical (unpaired) electrons. The van der Waals surface area contributed by atoms with Crippen molar-refractivity contribution in [3.8, 4) is 6.07 Å². The van der Waals surface area contributed by atoms with Crippen LogP contribution in [0.2, 0.25) is 0 Å². The summed E-state index contributed by atoms with van der Waals surface area (Å²) in [6, 6.07) is 9.24. The van der Waals surface area contributed by atoms with Crippen molar-refractivity contribution in [1.82, 2.24) is 15.5 Å². The lowest BCUT2D eigenvalue weighted by molar-refractivity contribution is -0.134. The van der Waals surface area contributed by atoms with E-state index < -0.39 is 6.04 Å². The number of nitrogens with two attached hydrogens (primary N) is 1. The van der Waals surface area contributed by atoms with E-state index in [0.29, 0.717) is 30.4 Å². The van der Waals surface area contributed by atoms with Gasteiger partial charge in [-0.15, -0.1) is 12.4 Å². The molecule has 2 atom stereocenters. The maximum Gasteiger partial charge on any atom is 0.242 e. The molecule has 8 nitrogen and oxygen atoms in total. The second kappa shape index (κ2) is 15.9. The molecule has 2 aliphatic carbocycles. The minimum atomic E-state index is -0.498. The number of guanidine groups is 1. The number of nitrogens with zero attached hydrogens (tertiary/aromatic N) is 2. The molecule has 220 valence electrons. The molecule has 40 heavy (non-hydrogen) atoms. The van der Waals surface area contributed by atoms with Crippen LogP contribution >= 0.6 is 12.4 Å². The Hall–Kier alpha value is -2.79. The van der Waals surface area contributed by atoms with Crippen LogP contribution in [0.5, 0.6) is 0 Å². The van der Waals surface area contributed by atoms with Crippen molar-refractivity contribution < 1.29 is 9.59 Å². The van der Waals surface area contributed by atoms with Crippen LogP contribution in [0.4, 0.5) is 0 Å². The fraction of sp³-hybridized carbons (Fsp3) is 0.677. The lowest BCUT2D eigenvalue weighted by Gasteiger charge is -2.35. The molecule has 0 spiro atoms. The first-order valence-electron chi connectivity index (χ1n) is 15.1. The van der Waals surface area contributed by atoms with Crippen LogP contribution in [0.3, 0.4) is 0 Å². The molecular formula is C31H47ClN6O2. The molecule has 3 aliphatic rings. The van der Waals surface area contributed by atoms with E-state index in [4.69, 9.17) is 11.1 Å². The Morgan fingerprint density at radius 1 is 0.925 bits per heavy atom. The average molecular weight is 571 g/mol. The normalized spacial score (nSPS) is 20.4. The zero-order valence-electron chi connectivity index (χ0n) is 23.7. The fourth-order valence-electron chi connectivity index (χ4n) is 6.84. The van der Waals surface area contributed by atoms with Crippen LogP contribution in [0, 0.1) is 40.4 Å². The van der Waals surface area contributed by atoms with Gasteiger partial charge in [0.1, 0.15) is 6.04 Å². The Kier molecular flexibility index (Phi) is 12.6. The van der Waals surface area contributed by atoms with E-state index in [-0.39, 0.29) is 42.0 Å². The molecule has 2 saturated carbocycles. The molecule has 1 aromatic carbocycles. The van der Waals surface area contributed by atoms with Crippen LogP contribution in [0.1, 0.15) is 88.2 Å². The molecule has 5 N–H and O–H groups in total. The van der Waals surface area contributed by atoms with Gasteiger partial charge in [0.2, 0.25) is 11.8 Å². The number of hydrogen-bond donors (Lipinski definition) is 4. The van der Waals surface area contributed by atoms with Crippen molar-refractivity contribution in [3.05, 3.63) is 35.4 Å². The molecular weight excluding hydrogens is 524 g/mol. The first-order valence-corrected chi connectivity index (χ1v) is 15.1. The molecule has 1 heterocycles. The number of carbonyl (C=O) groups is 2. The standard InChI is InChI=1S/C31H46N6O2.ClH/c32-20-23-13-11-22(12-14-23)19-27(25-7-3-1-4-8-25)29(38)36-28(26-9-5-2-6-10-26)30(39)35-21-24-15-17-37(18-16-24)31(33)34;/h11-14,24-28H,1-10,15-19,21H2,(H3,33,34)(H,35,39)(H,36,38);1H/t27?,28-;/m0./s1. The third-order valence-corrected chi connectivity index (χ3v) is 9.32. The van der Waals surface area contributed by atoms with E-state index in [1.807, 2.05) is 29.2 Å². The molecule has 1 unspecified atom stereocenters. The van der Waals surface area contributed by atoms with Crippen LogP contribution in [0.25, 0.3) is 0 Å². The van der Waals surface area contributed by atoms with Crippen molar-refractivity contribution in [3.63, 3.8) is 0 Å². The summed E-state index contributed by atoms with van der Waals surface area (Å²) in [7, 11) is 0. The van der Waals surface area contributed by atoms with E-state index in [9.17, 15) is 14.9 Å². The monoisotopic (exact) mass is 570 g/mol. The molecule has 4 rings (SSSR count). The van der Waals surface area contributed by atoms with Crippen molar-refractivity contribution in [2.24, 2.45) is 29.4 Å². The number of halogens is 1. The molecule has 0 bridgehead atoms. The number of piperidine rings is 1. The minimum Gasteiger partial charge on any atom is -0.370 e. The highest BCUT2D eigenvalue weighted by Crippen LogP contribution is 2.33. The van der Waals surface area contributed by atoms with Gasteiger partial charge in [-0.25, -0.2) is 0 Å². The Morgan fingerprint density at radius 2 is 1.50 bits per heavy atom. The predicted molar refractivity (Wildman–Crippen MR) is 160 cm³/mol. The number of rotatable bonds is 9. The summed E-state index contributed by atoms with van der Waals surface area (Å²) in [4.78, 5) is 29.4. The Labute approximate surface area is 245 Å². The van der Waals surface area contributed by atoms with Crippen LogP contribution in [-0.4, -0.2) is 48.3 Å². The van der Waals surface area contributed by atoms with Gasteiger partial charge in [0.25, 0.3) is 0 Å². The van der Waals surface area contributed by atoms with Crippen molar-refractivity contribution >= 4 is 30.2 Å². The molecule has 3 fully saturated rings. The molecule has 9 heteroatoms. The van der Waals surface area contributed by atoms with Gasteiger partial charge >= 0.3 is 0 Å². The largest absolute Gasteiger partial charge is 0.370 e. The number of benzene rings is 1. The number of amides is 2. The highest BCUT2D eigenvalue weighted by atomic mass is 35.5. The van der Waals surface area contributed by atoms with E-state index >= 15 is 0 Å². The summed E-state index contributed by atoms with van der Waals surface area (Å²) in [5.74, 6) is 0.745. The number of carbonyl (C=O) groups excluding carboxylic acids is 2. The fourth-order valence-corrected chi connectivity index (χ4v) is 6.84. The SMILES string of the molecule is Cl.N#Cc1ccc(CC(C(=O)N[C@H](C(=O)NCC2CCN(C(=N)N)CC2)C2CCCCC2)C2CCCCC2)cc1. The van der Waals surface area contributed by atoms with E-state index in [1.165, 1.54) is 12.8 Å². The maximum absolute atomic E-state index is 14.0. The smallest absolute Gasteiger partial charge is 0.242 e. The molecule has 1 saturated heterocycles. The van der Waals surface area contributed by atoms with Gasteiger partial charge in [-0.3, -0.25) is 15.0 Å². The van der Waals surface area contributed by atoms with Crippen LogP contribution in [-0.2, 0) is 16.0 Å². The number of nitriles is 1. The Bertz CT molecular complexity index is 1010. The zero-order valence-corrected chi connectivity index (χ0v) is 24.5. The third kappa shape index (κ3) is 8.86. The minimum absolute atomic E-state index is 0. The summed E-state index contributed by atoms with van der Waals surface area (Å²) in [6.45, 7) is 2.09. The van der Waals surface area contributed by atoms with Gasteiger partial charge < -0.3 is 21.3 Å². The lowest BCUT2D eigenvalue weighted by Crippen LogP contribution is -2.54. The summed E-state index contributed by atoms with van der Waals surface area (Å²) in [5.41, 5.74) is 7.32. The quantitative estimate of drug-likeness (QED) is 0.256. The number of hydrogen-bond acceptors (Lipinski definition) is 4. The summed E-state index contributed by atoms with van der Waals surface area (Å²) >= 11 is 0. The van der Waals surface area contributed by atoms with Gasteiger partial charge in [0, 0.05) is 25.6 Å². The van der Waals surface area contributed by atoms with Gasteiger partial charge in [0.15, 0.2) is 5.96 Å². The van der Waals surface area contributed by atoms with Crippen molar-refractivity contribution in [2.75, 3.05) is 19.6 Å². The van der Waals surface area contributed by atoms with Gasteiger partial charge in [-0.1, -0.05) is 50.7 Å². The second-order valence-electron chi connectivity index (χ2n) is 12.0. The maximum atomic E-state index is 14.0. The predicted octanol–water partition coefficient (Wildman–Crippen LogP) is 4.51. The topological polar surface area (TPSA) is 135 Å². The molecule has 1 aliphatic heterocycles. The van der Waals surface area contributed by atoms with Crippen LogP contribution in [0.15, 0.2) is 24.3 Å². The summed E-state index contributed by atoms with van der Waals surface area (Å²) < 4.78 is 0. The number of likely N-dealkylation sites (tertiary alicyclic amines) is 1. The Balaban J connectivity index is 0.00000441. The van der Waals surface area contributed by atoms with E-state index in [0.717, 1.165) is 82.9 Å². The van der Waals surface area contributed by atoms with Gasteiger partial charge in [-0.05, 0) is 80.4 Å².